The molecule has 0 fully saturated rings. The van der Waals surface area contributed by atoms with E-state index in [1.807, 2.05) is 0 Å². The van der Waals surface area contributed by atoms with Gasteiger partial charge in [-0.15, -0.1) is 0 Å². The van der Waals surface area contributed by atoms with Crippen molar-refractivity contribution >= 4 is 11.9 Å². The molecule has 0 aliphatic heterocycles. The van der Waals surface area contributed by atoms with E-state index < -0.39 is 17.4 Å². The van der Waals surface area contributed by atoms with Crippen LogP contribution in [0.1, 0.15) is 11.1 Å². The first-order valence-corrected chi connectivity index (χ1v) is 5.76. The minimum Gasteiger partial charge on any atom is -0.480 e. The van der Waals surface area contributed by atoms with Crippen LogP contribution in [0.15, 0.2) is 48.5 Å². The van der Waals surface area contributed by atoms with Crippen molar-refractivity contribution in [2.75, 3.05) is 0 Å². The lowest BCUT2D eigenvalue weighted by Gasteiger charge is -2.21. The van der Waals surface area contributed by atoms with E-state index in [4.69, 9.17) is 0 Å². The Bertz CT molecular complexity index is 641. The molecule has 2 N–H and O–H groups in total. The molecule has 4 heteroatoms. The van der Waals surface area contributed by atoms with Crippen molar-refractivity contribution in [3.05, 3.63) is 59.7 Å². The number of rotatable bonds is 2. The maximum Gasteiger partial charge on any atom is 0.330 e. The van der Waals surface area contributed by atoms with Gasteiger partial charge in [-0.05, 0) is 22.3 Å². The third-order valence-electron chi connectivity index (χ3n) is 3.59. The highest BCUT2D eigenvalue weighted by molar-refractivity contribution is 6.14. The highest BCUT2D eigenvalue weighted by Gasteiger charge is 2.55. The van der Waals surface area contributed by atoms with E-state index in [1.165, 1.54) is 0 Å². The second kappa shape index (κ2) is 3.68. The van der Waals surface area contributed by atoms with Crippen LogP contribution in [0, 0.1) is 0 Å². The monoisotopic (exact) mass is 254 g/mol. The van der Waals surface area contributed by atoms with Gasteiger partial charge in [0.25, 0.3) is 0 Å². The number of benzene rings is 2. The minimum absolute atomic E-state index is 0.316. The summed E-state index contributed by atoms with van der Waals surface area (Å²) in [5.41, 5.74) is -0.0362. The Morgan fingerprint density at radius 1 is 0.737 bits per heavy atom. The molecule has 0 aromatic heterocycles. The maximum atomic E-state index is 11.7. The number of carbonyl (C=O) groups is 2. The summed E-state index contributed by atoms with van der Waals surface area (Å²) < 4.78 is 0. The van der Waals surface area contributed by atoms with Crippen LogP contribution >= 0.6 is 0 Å². The predicted molar refractivity (Wildman–Crippen MR) is 67.9 cm³/mol. The fraction of sp³-hybridized carbons (Fsp3) is 0.0667. The Balaban J connectivity index is 2.49. The Morgan fingerprint density at radius 3 is 1.47 bits per heavy atom. The summed E-state index contributed by atoms with van der Waals surface area (Å²) in [5, 5.41) is 19.1. The van der Waals surface area contributed by atoms with Crippen molar-refractivity contribution in [3.8, 4) is 11.1 Å². The van der Waals surface area contributed by atoms with Gasteiger partial charge in [-0.1, -0.05) is 48.5 Å². The summed E-state index contributed by atoms with van der Waals surface area (Å²) >= 11 is 0. The fourth-order valence-electron chi connectivity index (χ4n) is 2.79. The zero-order valence-corrected chi connectivity index (χ0v) is 9.83. The topological polar surface area (TPSA) is 74.6 Å². The molecule has 94 valence electrons. The van der Waals surface area contributed by atoms with Crippen LogP contribution in [-0.2, 0) is 15.0 Å². The molecule has 0 atom stereocenters. The van der Waals surface area contributed by atoms with E-state index >= 15 is 0 Å². The highest BCUT2D eigenvalue weighted by Crippen LogP contribution is 2.49. The molecule has 0 unspecified atom stereocenters. The molecular formula is C15H10O4. The first-order valence-electron chi connectivity index (χ1n) is 5.76. The quantitative estimate of drug-likeness (QED) is 0.805. The summed E-state index contributed by atoms with van der Waals surface area (Å²) in [4.78, 5) is 23.4. The van der Waals surface area contributed by atoms with Crippen molar-refractivity contribution in [1.82, 2.24) is 0 Å². The number of hydrogen-bond donors (Lipinski definition) is 2. The predicted octanol–water partition coefficient (Wildman–Crippen LogP) is 2.12. The van der Waals surface area contributed by atoms with E-state index in [0.717, 1.165) is 0 Å². The highest BCUT2D eigenvalue weighted by atomic mass is 16.4. The molecule has 3 rings (SSSR count). The molecule has 1 aliphatic rings. The lowest BCUT2D eigenvalue weighted by Crippen LogP contribution is -2.43. The molecule has 2 aromatic carbocycles. The van der Waals surface area contributed by atoms with E-state index in [-0.39, 0.29) is 0 Å². The smallest absolute Gasteiger partial charge is 0.330 e. The zero-order valence-electron chi connectivity index (χ0n) is 9.83. The second-order valence-corrected chi connectivity index (χ2v) is 4.45. The number of carboxylic acids is 2. The normalized spacial score (nSPS) is 14.5. The Hall–Kier alpha value is -2.62. The molecule has 0 radical (unpaired) electrons. The molecular weight excluding hydrogens is 244 g/mol. The van der Waals surface area contributed by atoms with Crippen molar-refractivity contribution < 1.29 is 19.8 Å². The Labute approximate surface area is 108 Å². The fourth-order valence-corrected chi connectivity index (χ4v) is 2.79. The van der Waals surface area contributed by atoms with Crippen LogP contribution in [0.5, 0.6) is 0 Å². The average molecular weight is 254 g/mol. The van der Waals surface area contributed by atoms with E-state index in [9.17, 15) is 19.8 Å². The van der Waals surface area contributed by atoms with Crippen LogP contribution in [0.2, 0.25) is 0 Å². The van der Waals surface area contributed by atoms with Crippen LogP contribution in [-0.4, -0.2) is 22.2 Å². The number of fused-ring (bicyclic) bond motifs is 3. The first-order chi connectivity index (χ1) is 9.10. The summed E-state index contributed by atoms with van der Waals surface area (Å²) in [7, 11) is 0. The van der Waals surface area contributed by atoms with Gasteiger partial charge in [-0.25, -0.2) is 0 Å². The first kappa shape index (κ1) is 11.5. The number of carboxylic acid groups (broad SMARTS) is 2. The van der Waals surface area contributed by atoms with Crippen LogP contribution < -0.4 is 0 Å². The molecule has 0 bridgehead atoms. The maximum absolute atomic E-state index is 11.7. The molecule has 2 aromatic rings. The van der Waals surface area contributed by atoms with Crippen LogP contribution in [0.25, 0.3) is 11.1 Å². The lowest BCUT2D eigenvalue weighted by molar-refractivity contribution is -0.154. The van der Waals surface area contributed by atoms with Crippen molar-refractivity contribution in [2.45, 2.75) is 5.41 Å². The summed E-state index contributed by atoms with van der Waals surface area (Å²) in [5.74, 6) is -2.73. The lowest BCUT2D eigenvalue weighted by atomic mass is 9.78. The van der Waals surface area contributed by atoms with Crippen LogP contribution in [0.3, 0.4) is 0 Å². The molecule has 4 nitrogen and oxygen atoms in total. The molecule has 0 saturated heterocycles. The molecule has 0 spiro atoms. The van der Waals surface area contributed by atoms with Gasteiger partial charge < -0.3 is 10.2 Å². The van der Waals surface area contributed by atoms with Gasteiger partial charge in [-0.3, -0.25) is 9.59 Å². The average Bonchev–Trinajstić information content (AvgIpc) is 2.70. The van der Waals surface area contributed by atoms with Gasteiger partial charge in [0.15, 0.2) is 0 Å². The molecule has 0 heterocycles. The summed E-state index contributed by atoms with van der Waals surface area (Å²) in [6.07, 6.45) is 0. The van der Waals surface area contributed by atoms with Crippen molar-refractivity contribution in [3.63, 3.8) is 0 Å². The Morgan fingerprint density at radius 2 is 1.11 bits per heavy atom. The standard InChI is InChI=1S/C15H10O4/c16-13(17)15(14(18)19)11-7-3-1-5-9(11)10-6-2-4-8-12(10)15/h1-8H,(H,16,17)(H,18,19). The second-order valence-electron chi connectivity index (χ2n) is 4.45. The van der Waals surface area contributed by atoms with E-state index in [2.05, 4.69) is 0 Å². The number of hydrogen-bond acceptors (Lipinski definition) is 2. The largest absolute Gasteiger partial charge is 0.480 e. The minimum atomic E-state index is -2.01. The van der Waals surface area contributed by atoms with E-state index in [1.54, 1.807) is 48.5 Å². The molecule has 0 amide bonds. The molecule has 0 saturated carbocycles. The van der Waals surface area contributed by atoms with Gasteiger partial charge in [0, 0.05) is 0 Å². The van der Waals surface area contributed by atoms with Crippen molar-refractivity contribution in [2.24, 2.45) is 0 Å². The molecule has 1 aliphatic carbocycles. The van der Waals surface area contributed by atoms with Crippen molar-refractivity contribution in [1.29, 1.82) is 0 Å². The van der Waals surface area contributed by atoms with Gasteiger partial charge in [0.05, 0.1) is 0 Å². The summed E-state index contributed by atoms with van der Waals surface area (Å²) in [6, 6.07) is 13.5. The molecule has 19 heavy (non-hydrogen) atoms. The third-order valence-corrected chi connectivity index (χ3v) is 3.59. The van der Waals surface area contributed by atoms with Gasteiger partial charge in [-0.2, -0.15) is 0 Å². The van der Waals surface area contributed by atoms with Crippen LogP contribution in [0.4, 0.5) is 0 Å². The third kappa shape index (κ3) is 1.23. The van der Waals surface area contributed by atoms with Gasteiger partial charge in [0.2, 0.25) is 5.41 Å². The SMILES string of the molecule is O=C(O)C1(C(=O)O)c2ccccc2-c2ccccc21. The number of aliphatic carboxylic acids is 2. The zero-order chi connectivity index (χ0) is 13.6. The van der Waals surface area contributed by atoms with Gasteiger partial charge >= 0.3 is 11.9 Å². The summed E-state index contributed by atoms with van der Waals surface area (Å²) in [6.45, 7) is 0. The Kier molecular flexibility index (Phi) is 2.22. The van der Waals surface area contributed by atoms with Gasteiger partial charge in [0.1, 0.15) is 0 Å². The van der Waals surface area contributed by atoms with E-state index in [0.29, 0.717) is 22.3 Å².